The van der Waals surface area contributed by atoms with Crippen molar-refractivity contribution >= 4 is 32.7 Å². The fraction of sp³-hybridized carbons (Fsp3) is 0.286. The molecule has 0 amide bonds. The second-order valence-corrected chi connectivity index (χ2v) is 6.87. The molecule has 7 heteroatoms. The number of aromatic carboxylic acids is 1. The Morgan fingerprint density at radius 1 is 1.43 bits per heavy atom. The molecule has 2 rings (SSSR count). The normalized spacial score (nSPS) is 12.3. The number of aromatic nitrogens is 2. The van der Waals surface area contributed by atoms with Crippen LogP contribution in [0.5, 0.6) is 0 Å². The topological polar surface area (TPSA) is 72.2 Å². The Hall–Kier alpha value is -1.47. The van der Waals surface area contributed by atoms with Gasteiger partial charge in [0, 0.05) is 11.5 Å². The van der Waals surface area contributed by atoms with E-state index in [1.807, 2.05) is 13.0 Å². The number of aryl methyl sites for hydroxylation is 2. The second kappa shape index (κ2) is 6.53. The molecule has 5 nitrogen and oxygen atoms in total. The molecule has 0 saturated heterocycles. The maximum absolute atomic E-state index is 12.5. The summed E-state index contributed by atoms with van der Waals surface area (Å²) < 4.78 is 14.9. The van der Waals surface area contributed by atoms with Gasteiger partial charge in [-0.15, -0.1) is 0 Å². The molecule has 0 fully saturated rings. The van der Waals surface area contributed by atoms with Crippen molar-refractivity contribution in [3.8, 4) is 0 Å². The molecule has 21 heavy (non-hydrogen) atoms. The highest BCUT2D eigenvalue weighted by atomic mass is 79.9. The number of hydrogen-bond acceptors (Lipinski definition) is 3. The van der Waals surface area contributed by atoms with E-state index in [0.717, 1.165) is 17.8 Å². The molecule has 1 N–H and O–H groups in total. The summed E-state index contributed by atoms with van der Waals surface area (Å²) in [6.07, 6.45) is 0.803. The minimum Gasteiger partial charge on any atom is -0.478 e. The van der Waals surface area contributed by atoms with Gasteiger partial charge in [0.15, 0.2) is 0 Å². The van der Waals surface area contributed by atoms with Crippen LogP contribution in [-0.4, -0.2) is 25.1 Å². The minimum absolute atomic E-state index is 0.0643. The van der Waals surface area contributed by atoms with E-state index in [1.54, 1.807) is 23.9 Å². The van der Waals surface area contributed by atoms with Crippen molar-refractivity contribution in [3.05, 3.63) is 45.7 Å². The summed E-state index contributed by atoms with van der Waals surface area (Å²) >= 11 is 3.28. The summed E-state index contributed by atoms with van der Waals surface area (Å²) in [5.41, 5.74) is 1.81. The summed E-state index contributed by atoms with van der Waals surface area (Å²) in [6.45, 7) is 2.00. The molecule has 1 atom stereocenters. The molecule has 0 radical (unpaired) electrons. The molecule has 0 saturated carbocycles. The predicted octanol–water partition coefficient (Wildman–Crippen LogP) is 2.75. The maximum Gasteiger partial charge on any atom is 0.336 e. The monoisotopic (exact) mass is 370 g/mol. The number of rotatable bonds is 5. The van der Waals surface area contributed by atoms with E-state index >= 15 is 0 Å². The van der Waals surface area contributed by atoms with Crippen LogP contribution in [0.4, 0.5) is 0 Å². The largest absolute Gasteiger partial charge is 0.478 e. The number of benzene rings is 1. The smallest absolute Gasteiger partial charge is 0.336 e. The van der Waals surface area contributed by atoms with Crippen molar-refractivity contribution in [1.82, 2.24) is 9.78 Å². The maximum atomic E-state index is 12.5. The van der Waals surface area contributed by atoms with Crippen molar-refractivity contribution < 1.29 is 14.1 Å². The molecule has 112 valence electrons. The first kappa shape index (κ1) is 15.9. The summed E-state index contributed by atoms with van der Waals surface area (Å²) in [5.74, 6) is -0.842. The van der Waals surface area contributed by atoms with E-state index in [0.29, 0.717) is 9.37 Å². The predicted molar refractivity (Wildman–Crippen MR) is 83.8 cm³/mol. The number of halogens is 1. The van der Waals surface area contributed by atoms with Crippen LogP contribution in [0.3, 0.4) is 0 Å². The zero-order valence-corrected chi connectivity index (χ0v) is 14.1. The molecule has 1 aromatic carbocycles. The fourth-order valence-corrected chi connectivity index (χ4v) is 3.82. The van der Waals surface area contributed by atoms with Crippen LogP contribution in [0.15, 0.2) is 33.6 Å². The van der Waals surface area contributed by atoms with Gasteiger partial charge in [-0.05, 0) is 30.7 Å². The first-order valence-electron chi connectivity index (χ1n) is 6.35. The molecule has 0 aliphatic heterocycles. The van der Waals surface area contributed by atoms with Crippen LogP contribution in [-0.2, 0) is 30.0 Å². The molecular formula is C14H15BrN2O3S. The van der Waals surface area contributed by atoms with Crippen molar-refractivity contribution in [1.29, 1.82) is 0 Å². The third-order valence-corrected chi connectivity index (χ3v) is 4.97. The summed E-state index contributed by atoms with van der Waals surface area (Å²) in [5, 5.41) is 13.5. The van der Waals surface area contributed by atoms with Crippen LogP contribution < -0.4 is 0 Å². The lowest BCUT2D eigenvalue weighted by atomic mass is 10.2. The molecule has 0 spiro atoms. The van der Waals surface area contributed by atoms with E-state index in [1.165, 1.54) is 6.07 Å². The number of hydrogen-bond donors (Lipinski definition) is 1. The zero-order valence-electron chi connectivity index (χ0n) is 11.7. The van der Waals surface area contributed by atoms with Crippen molar-refractivity contribution in [3.63, 3.8) is 0 Å². The van der Waals surface area contributed by atoms with Gasteiger partial charge in [0.1, 0.15) is 0 Å². The van der Waals surface area contributed by atoms with E-state index < -0.39 is 16.8 Å². The van der Waals surface area contributed by atoms with Crippen LogP contribution in [0.2, 0.25) is 0 Å². The molecule has 1 aromatic heterocycles. The lowest BCUT2D eigenvalue weighted by Gasteiger charge is -2.07. The molecule has 1 heterocycles. The Bertz CT molecular complexity index is 712. The average molecular weight is 371 g/mol. The first-order valence-corrected chi connectivity index (χ1v) is 8.46. The SMILES string of the molecule is CCc1cc(CS(=O)c2cc(Br)ccc2C(=O)O)n(C)n1. The molecule has 2 aromatic rings. The molecule has 1 unspecified atom stereocenters. The van der Waals surface area contributed by atoms with Gasteiger partial charge in [-0.1, -0.05) is 22.9 Å². The third kappa shape index (κ3) is 3.59. The number of carbonyl (C=O) groups is 1. The molecule has 0 aliphatic carbocycles. The van der Waals surface area contributed by atoms with E-state index in [-0.39, 0.29) is 11.3 Å². The van der Waals surface area contributed by atoms with Gasteiger partial charge >= 0.3 is 5.97 Å². The van der Waals surface area contributed by atoms with Gasteiger partial charge < -0.3 is 5.11 Å². The van der Waals surface area contributed by atoms with Crippen molar-refractivity contribution in [2.24, 2.45) is 7.05 Å². The summed E-state index contributed by atoms with van der Waals surface area (Å²) in [6, 6.07) is 6.58. The van der Waals surface area contributed by atoms with Crippen LogP contribution in [0, 0.1) is 0 Å². The second-order valence-electron chi connectivity index (χ2n) is 4.54. The molecule has 0 aliphatic rings. The highest BCUT2D eigenvalue weighted by molar-refractivity contribution is 9.10. The standard InChI is InChI=1S/C14H15BrN2O3S/c1-3-10-7-11(17(2)16-10)8-21(20)13-6-9(15)4-5-12(13)14(18)19/h4-7H,3,8H2,1-2H3,(H,18,19). The quantitative estimate of drug-likeness (QED) is 0.877. The van der Waals surface area contributed by atoms with E-state index in [4.69, 9.17) is 0 Å². The molecular weight excluding hydrogens is 356 g/mol. The Balaban J connectivity index is 2.34. The zero-order chi connectivity index (χ0) is 15.6. The number of nitrogens with zero attached hydrogens (tertiary/aromatic N) is 2. The van der Waals surface area contributed by atoms with Gasteiger partial charge in [0.05, 0.1) is 38.4 Å². The lowest BCUT2D eigenvalue weighted by Crippen LogP contribution is -2.08. The van der Waals surface area contributed by atoms with E-state index in [2.05, 4.69) is 21.0 Å². The van der Waals surface area contributed by atoms with Crippen molar-refractivity contribution in [2.45, 2.75) is 24.0 Å². The Morgan fingerprint density at radius 2 is 2.14 bits per heavy atom. The van der Waals surface area contributed by atoms with Crippen LogP contribution in [0.1, 0.15) is 28.7 Å². The van der Waals surface area contributed by atoms with Gasteiger partial charge in [-0.25, -0.2) is 4.79 Å². The van der Waals surface area contributed by atoms with Crippen molar-refractivity contribution in [2.75, 3.05) is 0 Å². The number of carboxylic acid groups (broad SMARTS) is 1. The van der Waals surface area contributed by atoms with E-state index in [9.17, 15) is 14.1 Å². The van der Waals surface area contributed by atoms with Gasteiger partial charge in [-0.2, -0.15) is 5.10 Å². The Kier molecular flexibility index (Phi) is 4.95. The average Bonchev–Trinajstić information content (AvgIpc) is 2.79. The highest BCUT2D eigenvalue weighted by Crippen LogP contribution is 2.22. The number of carboxylic acids is 1. The Morgan fingerprint density at radius 3 is 2.71 bits per heavy atom. The lowest BCUT2D eigenvalue weighted by molar-refractivity contribution is 0.0693. The Labute approximate surface area is 133 Å². The van der Waals surface area contributed by atoms with Gasteiger partial charge in [-0.3, -0.25) is 8.89 Å². The summed E-state index contributed by atoms with van der Waals surface area (Å²) in [4.78, 5) is 11.6. The fourth-order valence-electron chi connectivity index (χ4n) is 1.95. The van der Waals surface area contributed by atoms with Crippen LogP contribution in [0.25, 0.3) is 0 Å². The first-order chi connectivity index (χ1) is 9.92. The summed E-state index contributed by atoms with van der Waals surface area (Å²) in [7, 11) is 0.349. The highest BCUT2D eigenvalue weighted by Gasteiger charge is 2.17. The van der Waals surface area contributed by atoms with Gasteiger partial charge in [0.25, 0.3) is 0 Å². The molecule has 0 bridgehead atoms. The third-order valence-electron chi connectivity index (χ3n) is 3.09. The minimum atomic E-state index is -1.45. The van der Waals surface area contributed by atoms with Gasteiger partial charge in [0.2, 0.25) is 0 Å². The van der Waals surface area contributed by atoms with Crippen LogP contribution >= 0.6 is 15.9 Å².